The van der Waals surface area contributed by atoms with E-state index in [1.807, 2.05) is 18.2 Å². The van der Waals surface area contributed by atoms with Crippen molar-refractivity contribution in [1.82, 2.24) is 5.32 Å². The maximum absolute atomic E-state index is 10.2. The van der Waals surface area contributed by atoms with Crippen LogP contribution in [0.2, 0.25) is 0 Å². The number of ether oxygens (including phenoxy) is 1. The number of nitrogens with one attached hydrogen (secondary N) is 1. The van der Waals surface area contributed by atoms with Gasteiger partial charge < -0.3 is 15.2 Å². The van der Waals surface area contributed by atoms with Crippen molar-refractivity contribution >= 4 is 26.7 Å². The van der Waals surface area contributed by atoms with E-state index in [0.717, 1.165) is 22.3 Å². The fraction of sp³-hybridized carbons (Fsp3) is 0.304. The molecule has 3 aromatic rings. The van der Waals surface area contributed by atoms with E-state index in [1.165, 1.54) is 16.3 Å². The highest BCUT2D eigenvalue weighted by atomic mass is 79.9. The molecule has 0 aromatic heterocycles. The highest BCUT2D eigenvalue weighted by Gasteiger charge is 2.17. The molecule has 3 rings (SSSR count). The fourth-order valence-corrected chi connectivity index (χ4v) is 3.65. The molecule has 0 fully saturated rings. The van der Waals surface area contributed by atoms with Crippen molar-refractivity contribution in [2.75, 3.05) is 13.2 Å². The van der Waals surface area contributed by atoms with Gasteiger partial charge in [0.2, 0.25) is 0 Å². The van der Waals surface area contributed by atoms with Gasteiger partial charge in [0.15, 0.2) is 0 Å². The normalized spacial score (nSPS) is 12.9. The van der Waals surface area contributed by atoms with Crippen LogP contribution < -0.4 is 10.1 Å². The topological polar surface area (TPSA) is 41.5 Å². The van der Waals surface area contributed by atoms with E-state index in [-0.39, 0.29) is 6.04 Å². The Hall–Kier alpha value is -1.88. The lowest BCUT2D eigenvalue weighted by molar-refractivity contribution is 0.0782. The van der Waals surface area contributed by atoms with Crippen LogP contribution in [-0.2, 0) is 5.60 Å². The highest BCUT2D eigenvalue weighted by Crippen LogP contribution is 2.28. The van der Waals surface area contributed by atoms with Crippen LogP contribution in [0.15, 0.2) is 65.1 Å². The van der Waals surface area contributed by atoms with Gasteiger partial charge >= 0.3 is 0 Å². The number of hydrogen-bond donors (Lipinski definition) is 2. The molecule has 1 atom stereocenters. The molecule has 0 aliphatic carbocycles. The third kappa shape index (κ3) is 5.10. The van der Waals surface area contributed by atoms with Crippen molar-refractivity contribution in [3.05, 3.63) is 76.3 Å². The van der Waals surface area contributed by atoms with E-state index in [4.69, 9.17) is 4.74 Å². The lowest BCUT2D eigenvalue weighted by atomic mass is 9.98. The maximum Gasteiger partial charge on any atom is 0.120 e. The number of halogens is 1. The summed E-state index contributed by atoms with van der Waals surface area (Å²) in [5.41, 5.74) is 1.21. The minimum atomic E-state index is -0.900. The van der Waals surface area contributed by atoms with Crippen molar-refractivity contribution in [3.63, 3.8) is 0 Å². The highest BCUT2D eigenvalue weighted by molar-refractivity contribution is 9.10. The molecule has 0 radical (unpaired) electrons. The number of benzene rings is 3. The summed E-state index contributed by atoms with van der Waals surface area (Å²) in [4.78, 5) is 0. The van der Waals surface area contributed by atoms with Gasteiger partial charge in [-0.25, -0.2) is 0 Å². The van der Waals surface area contributed by atoms with Crippen molar-refractivity contribution in [3.8, 4) is 5.75 Å². The quantitative estimate of drug-likeness (QED) is 0.484. The van der Waals surface area contributed by atoms with Gasteiger partial charge in [0.1, 0.15) is 12.4 Å². The summed E-state index contributed by atoms with van der Waals surface area (Å²) in [7, 11) is 0. The van der Waals surface area contributed by atoms with Crippen LogP contribution >= 0.6 is 15.9 Å². The van der Waals surface area contributed by atoms with Gasteiger partial charge in [0.25, 0.3) is 0 Å². The first-order valence-electron chi connectivity index (χ1n) is 9.22. The van der Waals surface area contributed by atoms with Crippen molar-refractivity contribution in [2.45, 2.75) is 32.4 Å². The van der Waals surface area contributed by atoms with E-state index in [2.05, 4.69) is 70.6 Å². The summed E-state index contributed by atoms with van der Waals surface area (Å²) in [6.45, 7) is 7.00. The molecule has 3 aromatic carbocycles. The molecule has 4 heteroatoms. The van der Waals surface area contributed by atoms with Crippen LogP contribution in [0.25, 0.3) is 10.8 Å². The van der Waals surface area contributed by atoms with Crippen LogP contribution in [-0.4, -0.2) is 18.3 Å². The molecule has 0 aliphatic heterocycles. The Morgan fingerprint density at radius 3 is 2.59 bits per heavy atom. The molecule has 0 spiro atoms. The van der Waals surface area contributed by atoms with Crippen LogP contribution in [0, 0.1) is 0 Å². The molecule has 0 amide bonds. The Kier molecular flexibility index (Phi) is 6.20. The zero-order valence-electron chi connectivity index (χ0n) is 16.0. The van der Waals surface area contributed by atoms with E-state index in [0.29, 0.717) is 6.61 Å². The van der Waals surface area contributed by atoms with Crippen molar-refractivity contribution in [2.24, 2.45) is 0 Å². The summed E-state index contributed by atoms with van der Waals surface area (Å²) in [5.74, 6) is 0.751. The molecule has 0 saturated carbocycles. The Morgan fingerprint density at radius 2 is 1.81 bits per heavy atom. The van der Waals surface area contributed by atoms with Gasteiger partial charge in [0.05, 0.1) is 5.60 Å². The summed E-state index contributed by atoms with van der Waals surface area (Å²) >= 11 is 3.48. The maximum atomic E-state index is 10.2. The Balaban J connectivity index is 1.60. The number of aliphatic hydroxyl groups is 1. The zero-order valence-corrected chi connectivity index (χ0v) is 17.6. The van der Waals surface area contributed by atoms with E-state index < -0.39 is 5.60 Å². The average molecular weight is 428 g/mol. The van der Waals surface area contributed by atoms with Crippen LogP contribution in [0.1, 0.15) is 37.9 Å². The molecule has 27 heavy (non-hydrogen) atoms. The Labute approximate surface area is 169 Å². The molecule has 142 valence electrons. The van der Waals surface area contributed by atoms with Gasteiger partial charge in [-0.05, 0) is 60.9 Å². The summed E-state index contributed by atoms with van der Waals surface area (Å²) < 4.78 is 6.79. The molecular weight excluding hydrogens is 402 g/mol. The molecule has 0 aliphatic rings. The average Bonchev–Trinajstić information content (AvgIpc) is 2.63. The van der Waals surface area contributed by atoms with Gasteiger partial charge in [-0.1, -0.05) is 58.4 Å². The largest absolute Gasteiger partial charge is 0.492 e. The molecule has 3 nitrogen and oxygen atoms in total. The second-order valence-electron chi connectivity index (χ2n) is 7.33. The molecule has 0 heterocycles. The first-order valence-corrected chi connectivity index (χ1v) is 10.0. The second kappa shape index (κ2) is 8.42. The van der Waals surface area contributed by atoms with Gasteiger partial charge in [-0.15, -0.1) is 0 Å². The first-order chi connectivity index (χ1) is 12.8. The number of rotatable bonds is 7. The van der Waals surface area contributed by atoms with Crippen LogP contribution in [0.4, 0.5) is 0 Å². The van der Waals surface area contributed by atoms with Gasteiger partial charge in [-0.2, -0.15) is 0 Å². The van der Waals surface area contributed by atoms with Gasteiger partial charge in [0, 0.05) is 17.1 Å². The number of fused-ring (bicyclic) bond motifs is 1. The lowest BCUT2D eigenvalue weighted by Crippen LogP contribution is -2.24. The Bertz CT molecular complexity index is 912. The summed E-state index contributed by atoms with van der Waals surface area (Å²) in [6.07, 6.45) is 0. The van der Waals surface area contributed by atoms with Crippen LogP contribution in [0.5, 0.6) is 5.75 Å². The minimum Gasteiger partial charge on any atom is -0.492 e. The summed E-state index contributed by atoms with van der Waals surface area (Å²) in [5, 5.41) is 16.3. The third-order valence-corrected chi connectivity index (χ3v) is 5.15. The van der Waals surface area contributed by atoms with Crippen molar-refractivity contribution in [1.29, 1.82) is 0 Å². The zero-order chi connectivity index (χ0) is 19.4. The van der Waals surface area contributed by atoms with Crippen LogP contribution in [0.3, 0.4) is 0 Å². The number of hydrogen-bond acceptors (Lipinski definition) is 3. The third-order valence-electron chi connectivity index (χ3n) is 4.69. The van der Waals surface area contributed by atoms with Gasteiger partial charge in [-0.3, -0.25) is 0 Å². The fourth-order valence-electron chi connectivity index (χ4n) is 3.18. The first kappa shape index (κ1) is 19.9. The smallest absolute Gasteiger partial charge is 0.120 e. The van der Waals surface area contributed by atoms with E-state index in [1.54, 1.807) is 13.8 Å². The molecule has 1 unspecified atom stereocenters. The molecule has 0 bridgehead atoms. The SMILES string of the molecule is CC(NCCOc1cc(Br)cc(C(C)(C)O)c1)c1cccc2ccccc12. The minimum absolute atomic E-state index is 0.231. The Morgan fingerprint density at radius 1 is 1.07 bits per heavy atom. The predicted molar refractivity (Wildman–Crippen MR) is 115 cm³/mol. The van der Waals surface area contributed by atoms with Crippen molar-refractivity contribution < 1.29 is 9.84 Å². The van der Waals surface area contributed by atoms with E-state index in [9.17, 15) is 5.11 Å². The van der Waals surface area contributed by atoms with E-state index >= 15 is 0 Å². The second-order valence-corrected chi connectivity index (χ2v) is 8.24. The molecular formula is C23H26BrNO2. The predicted octanol–water partition coefficient (Wildman–Crippen LogP) is 5.56. The molecule has 0 saturated heterocycles. The lowest BCUT2D eigenvalue weighted by Gasteiger charge is -2.20. The summed E-state index contributed by atoms with van der Waals surface area (Å²) in [6, 6.07) is 20.8. The monoisotopic (exact) mass is 427 g/mol. The standard InChI is InChI=1S/C23H26BrNO2/c1-16(21-10-6-8-17-7-4-5-9-22(17)21)25-11-12-27-20-14-18(23(2,3)26)13-19(24)15-20/h4-10,13-16,25-26H,11-12H2,1-3H3. The molecule has 2 N–H and O–H groups in total.